The summed E-state index contributed by atoms with van der Waals surface area (Å²) in [6.07, 6.45) is 3.52. The predicted molar refractivity (Wildman–Crippen MR) is 110 cm³/mol. The number of amides is 3. The van der Waals surface area contributed by atoms with Crippen molar-refractivity contribution in [1.29, 1.82) is 0 Å². The summed E-state index contributed by atoms with van der Waals surface area (Å²) in [5.74, 6) is -0.0630. The van der Waals surface area contributed by atoms with Crippen molar-refractivity contribution in [2.45, 2.75) is 46.1 Å². The molecule has 3 heterocycles. The molecule has 1 aliphatic heterocycles. The van der Waals surface area contributed by atoms with Crippen LogP contribution in [0.2, 0.25) is 0 Å². The highest BCUT2D eigenvalue weighted by Gasteiger charge is 2.30. The zero-order chi connectivity index (χ0) is 21.0. The molecular weight excluding hydrogens is 392 g/mol. The minimum Gasteiger partial charge on any atom is -0.469 e. The zero-order valence-electron chi connectivity index (χ0n) is 16.9. The summed E-state index contributed by atoms with van der Waals surface area (Å²) in [4.78, 5) is 43.5. The number of furan rings is 1. The summed E-state index contributed by atoms with van der Waals surface area (Å²) in [5.41, 5.74) is 0.988. The quantitative estimate of drug-likeness (QED) is 0.719. The Labute approximate surface area is 173 Å². The molecule has 156 valence electrons. The van der Waals surface area contributed by atoms with E-state index in [1.807, 2.05) is 18.7 Å². The molecule has 8 nitrogen and oxygen atoms in total. The van der Waals surface area contributed by atoms with Crippen LogP contribution in [0.3, 0.4) is 0 Å². The zero-order valence-corrected chi connectivity index (χ0v) is 17.7. The minimum absolute atomic E-state index is 0.00414. The smallest absolute Gasteiger partial charge is 0.260 e. The van der Waals surface area contributed by atoms with E-state index >= 15 is 0 Å². The molecule has 1 aliphatic rings. The van der Waals surface area contributed by atoms with Gasteiger partial charge in [-0.3, -0.25) is 19.7 Å². The molecule has 0 bridgehead atoms. The van der Waals surface area contributed by atoms with Crippen LogP contribution in [0.15, 0.2) is 22.1 Å². The monoisotopic (exact) mass is 418 g/mol. The normalized spacial score (nSPS) is 14.8. The van der Waals surface area contributed by atoms with E-state index in [0.717, 1.165) is 25.9 Å². The van der Waals surface area contributed by atoms with Crippen LogP contribution in [-0.4, -0.2) is 46.7 Å². The van der Waals surface area contributed by atoms with Crippen molar-refractivity contribution in [1.82, 2.24) is 15.2 Å². The van der Waals surface area contributed by atoms with Crippen LogP contribution in [0.5, 0.6) is 0 Å². The number of nitrogens with one attached hydrogen (secondary N) is 2. The van der Waals surface area contributed by atoms with Crippen LogP contribution in [0.1, 0.15) is 48.5 Å². The lowest BCUT2D eigenvalue weighted by Crippen LogP contribution is -2.50. The second-order valence-electron chi connectivity index (χ2n) is 7.49. The lowest BCUT2D eigenvalue weighted by Gasteiger charge is -2.26. The molecule has 29 heavy (non-hydrogen) atoms. The van der Waals surface area contributed by atoms with Crippen molar-refractivity contribution >= 4 is 34.2 Å². The maximum Gasteiger partial charge on any atom is 0.260 e. The average molecular weight is 419 g/mol. The largest absolute Gasteiger partial charge is 0.469 e. The van der Waals surface area contributed by atoms with E-state index in [0.29, 0.717) is 22.1 Å². The maximum atomic E-state index is 12.7. The third-order valence-electron chi connectivity index (χ3n) is 4.88. The maximum absolute atomic E-state index is 12.7. The first-order valence-electron chi connectivity index (χ1n) is 9.73. The number of likely N-dealkylation sites (tertiary alicyclic amines) is 1. The molecule has 0 radical (unpaired) electrons. The number of anilines is 1. The molecular formula is C20H26N4O4S. The molecule has 0 saturated carbocycles. The Morgan fingerprint density at radius 3 is 2.62 bits per heavy atom. The molecule has 2 aromatic rings. The molecule has 1 fully saturated rings. The van der Waals surface area contributed by atoms with E-state index < -0.39 is 6.04 Å². The standard InChI is InChI=1S/C20H26N4O4S/c1-12(2)17(19(27)24-7-4-5-8-24)22-16(25)10-14-11-29-20(21-14)23-18(26)15-6-9-28-13(15)3/h6,9,11-12,17H,4-5,7-8,10H2,1-3H3,(H,22,25)(H,21,23,26)/t17-/m0/s1. The van der Waals surface area contributed by atoms with Crippen molar-refractivity contribution in [3.8, 4) is 0 Å². The molecule has 1 atom stereocenters. The number of carbonyl (C=O) groups excluding carboxylic acids is 3. The van der Waals surface area contributed by atoms with E-state index in [4.69, 9.17) is 4.42 Å². The number of aryl methyl sites for hydroxylation is 1. The van der Waals surface area contributed by atoms with Crippen molar-refractivity contribution in [2.24, 2.45) is 5.92 Å². The average Bonchev–Trinajstić information content (AvgIpc) is 3.41. The Morgan fingerprint density at radius 1 is 1.28 bits per heavy atom. The molecule has 2 N–H and O–H groups in total. The van der Waals surface area contributed by atoms with E-state index in [2.05, 4.69) is 15.6 Å². The fraction of sp³-hybridized carbons (Fsp3) is 0.500. The number of rotatable bonds is 7. The SMILES string of the molecule is Cc1occc1C(=O)Nc1nc(CC(=O)N[C@H](C(=O)N2CCCC2)C(C)C)cs1. The number of nitrogens with zero attached hydrogens (tertiary/aromatic N) is 2. The van der Waals surface area contributed by atoms with Crippen LogP contribution in [0.4, 0.5) is 5.13 Å². The van der Waals surface area contributed by atoms with Crippen molar-refractivity contribution in [2.75, 3.05) is 18.4 Å². The third kappa shape index (κ3) is 5.23. The third-order valence-corrected chi connectivity index (χ3v) is 5.69. The molecule has 0 spiro atoms. The first-order valence-corrected chi connectivity index (χ1v) is 10.6. The molecule has 9 heteroatoms. The van der Waals surface area contributed by atoms with Crippen molar-refractivity contribution in [3.05, 3.63) is 34.7 Å². The van der Waals surface area contributed by atoms with Crippen molar-refractivity contribution in [3.63, 3.8) is 0 Å². The summed E-state index contributed by atoms with van der Waals surface area (Å²) in [6.45, 7) is 7.06. The van der Waals surface area contributed by atoms with Gasteiger partial charge in [0.05, 0.1) is 23.9 Å². The van der Waals surface area contributed by atoms with Gasteiger partial charge in [-0.25, -0.2) is 4.98 Å². The summed E-state index contributed by atoms with van der Waals surface area (Å²) >= 11 is 1.25. The van der Waals surface area contributed by atoms with Gasteiger partial charge in [0.1, 0.15) is 11.8 Å². The van der Waals surface area contributed by atoms with E-state index in [-0.39, 0.29) is 30.1 Å². The lowest BCUT2D eigenvalue weighted by molar-refractivity contribution is -0.136. The van der Waals surface area contributed by atoms with Gasteiger partial charge in [0.25, 0.3) is 5.91 Å². The Bertz CT molecular complexity index is 883. The topological polar surface area (TPSA) is 105 Å². The summed E-state index contributed by atoms with van der Waals surface area (Å²) in [6, 6.07) is 1.05. The van der Waals surface area contributed by atoms with Gasteiger partial charge >= 0.3 is 0 Å². The number of hydrogen-bond acceptors (Lipinski definition) is 6. The van der Waals surface area contributed by atoms with Gasteiger partial charge < -0.3 is 14.6 Å². The fourth-order valence-corrected chi connectivity index (χ4v) is 3.97. The highest BCUT2D eigenvalue weighted by Crippen LogP contribution is 2.19. The van der Waals surface area contributed by atoms with Gasteiger partial charge in [0, 0.05) is 18.5 Å². The van der Waals surface area contributed by atoms with Gasteiger partial charge in [0.2, 0.25) is 11.8 Å². The van der Waals surface area contributed by atoms with Crippen LogP contribution in [-0.2, 0) is 16.0 Å². The number of carbonyl (C=O) groups is 3. The Kier molecular flexibility index (Phi) is 6.68. The first-order chi connectivity index (χ1) is 13.8. The van der Waals surface area contributed by atoms with Gasteiger partial charge in [0.15, 0.2) is 5.13 Å². The fourth-order valence-electron chi connectivity index (χ4n) is 3.27. The first kappa shape index (κ1) is 21.0. The molecule has 2 aromatic heterocycles. The Morgan fingerprint density at radius 2 is 2.00 bits per heavy atom. The second kappa shape index (κ2) is 9.21. The Balaban J connectivity index is 1.57. The van der Waals surface area contributed by atoms with E-state index in [1.165, 1.54) is 17.6 Å². The summed E-state index contributed by atoms with van der Waals surface area (Å²) in [7, 11) is 0. The highest BCUT2D eigenvalue weighted by molar-refractivity contribution is 7.14. The molecule has 0 unspecified atom stereocenters. The van der Waals surface area contributed by atoms with E-state index in [9.17, 15) is 14.4 Å². The van der Waals surface area contributed by atoms with Crippen LogP contribution in [0, 0.1) is 12.8 Å². The van der Waals surface area contributed by atoms with Gasteiger partial charge in [-0.1, -0.05) is 13.8 Å². The van der Waals surface area contributed by atoms with Crippen LogP contribution >= 0.6 is 11.3 Å². The predicted octanol–water partition coefficient (Wildman–Crippen LogP) is 2.60. The molecule has 3 rings (SSSR count). The highest BCUT2D eigenvalue weighted by atomic mass is 32.1. The minimum atomic E-state index is -0.539. The molecule has 1 saturated heterocycles. The molecule has 0 aliphatic carbocycles. The molecule has 3 amide bonds. The van der Waals surface area contributed by atoms with E-state index in [1.54, 1.807) is 18.4 Å². The second-order valence-corrected chi connectivity index (χ2v) is 8.35. The van der Waals surface area contributed by atoms with Crippen LogP contribution in [0.25, 0.3) is 0 Å². The van der Waals surface area contributed by atoms with Crippen LogP contribution < -0.4 is 10.6 Å². The van der Waals surface area contributed by atoms with Gasteiger partial charge in [-0.15, -0.1) is 11.3 Å². The molecule has 0 aromatic carbocycles. The number of aromatic nitrogens is 1. The van der Waals surface area contributed by atoms with Gasteiger partial charge in [-0.05, 0) is 31.7 Å². The Hall–Kier alpha value is -2.68. The summed E-state index contributed by atoms with van der Waals surface area (Å²) < 4.78 is 5.13. The van der Waals surface area contributed by atoms with Crippen molar-refractivity contribution < 1.29 is 18.8 Å². The lowest BCUT2D eigenvalue weighted by atomic mass is 10.0. The number of hydrogen-bond donors (Lipinski definition) is 2. The summed E-state index contributed by atoms with van der Waals surface area (Å²) in [5, 5.41) is 7.70. The number of thiazole rings is 1. The van der Waals surface area contributed by atoms with Gasteiger partial charge in [-0.2, -0.15) is 0 Å².